The van der Waals surface area contributed by atoms with Crippen molar-refractivity contribution in [1.29, 1.82) is 0 Å². The van der Waals surface area contributed by atoms with Crippen molar-refractivity contribution in [2.45, 2.75) is 21.3 Å². The first-order valence-corrected chi connectivity index (χ1v) is 9.13. The Kier molecular flexibility index (Phi) is 5.06. The third-order valence-electron chi connectivity index (χ3n) is 2.89. The number of aromatic nitrogens is 3. The molecule has 3 aromatic rings. The van der Waals surface area contributed by atoms with Crippen LogP contribution in [-0.2, 0) is 12.6 Å². The van der Waals surface area contributed by atoms with Crippen LogP contribution >= 0.6 is 34.4 Å². The summed E-state index contributed by atoms with van der Waals surface area (Å²) in [4.78, 5) is 13.6. The van der Waals surface area contributed by atoms with E-state index in [1.165, 1.54) is 11.3 Å². The van der Waals surface area contributed by atoms with Crippen molar-refractivity contribution in [3.8, 4) is 0 Å². The maximum Gasteiger partial charge on any atom is 0.435 e. The Labute approximate surface area is 151 Å². The average Bonchev–Trinajstić information content (AvgIpc) is 3.15. The maximum atomic E-state index is 12.9. The van der Waals surface area contributed by atoms with E-state index < -0.39 is 22.7 Å². The summed E-state index contributed by atoms with van der Waals surface area (Å²) < 4.78 is 38.9. The minimum Gasteiger partial charge on any atom is -0.477 e. The van der Waals surface area contributed by atoms with Gasteiger partial charge in [0.25, 0.3) is 0 Å². The van der Waals surface area contributed by atoms with Gasteiger partial charge in [0.05, 0.1) is 0 Å². The van der Waals surface area contributed by atoms with Crippen LogP contribution in [0, 0.1) is 0 Å². The number of carboxylic acid groups (broad SMARTS) is 1. The van der Waals surface area contributed by atoms with E-state index in [0.717, 1.165) is 17.3 Å². The molecule has 0 aliphatic heterocycles. The summed E-state index contributed by atoms with van der Waals surface area (Å²) in [5.41, 5.74) is -0.349. The zero-order chi connectivity index (χ0) is 18.0. The highest BCUT2D eigenvalue weighted by Crippen LogP contribution is 2.40. The number of benzene rings is 1. The summed E-state index contributed by atoms with van der Waals surface area (Å²) in [6.45, 7) is 0. The molecule has 1 N–H and O–H groups in total. The van der Waals surface area contributed by atoms with Crippen molar-refractivity contribution >= 4 is 40.4 Å². The van der Waals surface area contributed by atoms with E-state index in [-0.39, 0.29) is 4.34 Å². The van der Waals surface area contributed by atoms with Gasteiger partial charge in [-0.25, -0.2) is 9.78 Å². The van der Waals surface area contributed by atoms with Gasteiger partial charge in [-0.1, -0.05) is 53.0 Å². The molecule has 1 aromatic carbocycles. The second-order valence-corrected chi connectivity index (χ2v) is 8.24. The molecule has 130 valence electrons. The standard InChI is InChI=1S/C14H8F3N3O2S3/c15-14(16,17)10-9(11(21)22)24-12(18-10)25-13-20-19-8(23-13)6-7-4-2-1-3-5-7/h1-5H,6H2,(H,21,22). The number of carboxylic acids is 1. The number of hydrogen-bond acceptors (Lipinski definition) is 7. The second-order valence-electron chi connectivity index (χ2n) is 4.69. The van der Waals surface area contributed by atoms with Gasteiger partial charge in [-0.05, 0) is 17.3 Å². The lowest BCUT2D eigenvalue weighted by Crippen LogP contribution is -2.11. The lowest BCUT2D eigenvalue weighted by molar-refractivity contribution is -0.141. The Hall–Kier alpha value is -1.98. The number of thiazole rings is 1. The number of rotatable bonds is 5. The topological polar surface area (TPSA) is 76.0 Å². The molecule has 0 saturated carbocycles. The van der Waals surface area contributed by atoms with E-state index in [0.29, 0.717) is 27.1 Å². The van der Waals surface area contributed by atoms with Crippen LogP contribution in [0.4, 0.5) is 13.2 Å². The van der Waals surface area contributed by atoms with Crippen molar-refractivity contribution in [2.24, 2.45) is 0 Å². The number of aromatic carboxylic acids is 1. The van der Waals surface area contributed by atoms with Gasteiger partial charge in [0, 0.05) is 6.42 Å². The Balaban J connectivity index is 1.78. The molecule has 0 atom stereocenters. The van der Waals surface area contributed by atoms with Gasteiger partial charge >= 0.3 is 12.1 Å². The van der Waals surface area contributed by atoms with E-state index in [1.807, 2.05) is 30.3 Å². The summed E-state index contributed by atoms with van der Waals surface area (Å²) in [6.07, 6.45) is -4.26. The van der Waals surface area contributed by atoms with E-state index >= 15 is 0 Å². The molecule has 0 aliphatic rings. The highest BCUT2D eigenvalue weighted by Gasteiger charge is 2.40. The van der Waals surface area contributed by atoms with Crippen LogP contribution in [0.15, 0.2) is 39.0 Å². The van der Waals surface area contributed by atoms with Gasteiger partial charge in [-0.3, -0.25) is 0 Å². The summed E-state index contributed by atoms with van der Waals surface area (Å²) in [7, 11) is 0. The van der Waals surface area contributed by atoms with Crippen LogP contribution in [0.1, 0.15) is 25.9 Å². The fourth-order valence-electron chi connectivity index (χ4n) is 1.88. The highest BCUT2D eigenvalue weighted by molar-refractivity contribution is 8.02. The highest BCUT2D eigenvalue weighted by atomic mass is 32.2. The second kappa shape index (κ2) is 7.10. The molecule has 0 radical (unpaired) electrons. The van der Waals surface area contributed by atoms with E-state index in [2.05, 4.69) is 15.2 Å². The first-order chi connectivity index (χ1) is 11.8. The molecule has 0 fully saturated rings. The predicted molar refractivity (Wildman–Crippen MR) is 87.4 cm³/mol. The smallest absolute Gasteiger partial charge is 0.435 e. The first-order valence-electron chi connectivity index (χ1n) is 6.68. The van der Waals surface area contributed by atoms with E-state index in [1.54, 1.807) is 0 Å². The predicted octanol–water partition coefficient (Wildman–Crippen LogP) is 4.45. The number of alkyl halides is 3. The first kappa shape index (κ1) is 17.8. The van der Waals surface area contributed by atoms with Crippen LogP contribution in [-0.4, -0.2) is 26.3 Å². The van der Waals surface area contributed by atoms with Gasteiger partial charge in [0.15, 0.2) is 14.4 Å². The summed E-state index contributed by atoms with van der Waals surface area (Å²) in [6, 6.07) is 9.56. The average molecular weight is 403 g/mol. The zero-order valence-corrected chi connectivity index (χ0v) is 14.6. The Morgan fingerprint density at radius 1 is 1.12 bits per heavy atom. The maximum absolute atomic E-state index is 12.9. The normalized spacial score (nSPS) is 11.6. The minimum atomic E-state index is -4.82. The quantitative estimate of drug-likeness (QED) is 0.678. The van der Waals surface area contributed by atoms with Gasteiger partial charge in [-0.15, -0.1) is 10.2 Å². The third-order valence-corrected chi connectivity index (χ3v) is 5.97. The van der Waals surface area contributed by atoms with Crippen LogP contribution in [0.2, 0.25) is 0 Å². The van der Waals surface area contributed by atoms with Crippen LogP contribution in [0.3, 0.4) is 0 Å². The fraction of sp³-hybridized carbons (Fsp3) is 0.143. The Morgan fingerprint density at radius 3 is 2.44 bits per heavy atom. The van der Waals surface area contributed by atoms with Crippen molar-refractivity contribution in [3.63, 3.8) is 0 Å². The molecule has 5 nitrogen and oxygen atoms in total. The van der Waals surface area contributed by atoms with Crippen LogP contribution in [0.5, 0.6) is 0 Å². The van der Waals surface area contributed by atoms with Gasteiger partial charge in [0.1, 0.15) is 9.88 Å². The zero-order valence-electron chi connectivity index (χ0n) is 12.1. The minimum absolute atomic E-state index is 0.0351. The van der Waals surface area contributed by atoms with Gasteiger partial charge < -0.3 is 5.11 Å². The van der Waals surface area contributed by atoms with Gasteiger partial charge in [-0.2, -0.15) is 13.2 Å². The molecular weight excluding hydrogens is 395 g/mol. The summed E-state index contributed by atoms with van der Waals surface area (Å²) in [5.74, 6) is -1.65. The van der Waals surface area contributed by atoms with E-state index in [9.17, 15) is 18.0 Å². The summed E-state index contributed by atoms with van der Waals surface area (Å²) in [5, 5.41) is 17.6. The Bertz CT molecular complexity index is 894. The SMILES string of the molecule is O=C(O)c1sc(Sc2nnc(Cc3ccccc3)s2)nc1C(F)(F)F. The van der Waals surface area contributed by atoms with Crippen LogP contribution in [0.25, 0.3) is 0 Å². The molecule has 0 unspecified atom stereocenters. The van der Waals surface area contributed by atoms with Crippen LogP contribution < -0.4 is 0 Å². The third kappa shape index (κ3) is 4.35. The molecule has 2 aromatic heterocycles. The summed E-state index contributed by atoms with van der Waals surface area (Å²) >= 11 is 2.58. The van der Waals surface area contributed by atoms with Crippen molar-refractivity contribution in [1.82, 2.24) is 15.2 Å². The molecule has 2 heterocycles. The lowest BCUT2D eigenvalue weighted by Gasteiger charge is -2.02. The molecule has 0 spiro atoms. The molecule has 0 bridgehead atoms. The number of carbonyl (C=O) groups is 1. The van der Waals surface area contributed by atoms with Crippen molar-refractivity contribution in [2.75, 3.05) is 0 Å². The Morgan fingerprint density at radius 2 is 1.84 bits per heavy atom. The molecule has 3 rings (SSSR count). The van der Waals surface area contributed by atoms with Crippen molar-refractivity contribution < 1.29 is 23.1 Å². The lowest BCUT2D eigenvalue weighted by atomic mass is 10.2. The van der Waals surface area contributed by atoms with E-state index in [4.69, 9.17) is 5.11 Å². The number of nitrogens with zero attached hydrogens (tertiary/aromatic N) is 3. The molecule has 0 amide bonds. The molecule has 0 saturated heterocycles. The fourth-order valence-corrected chi connectivity index (χ4v) is 5.01. The number of hydrogen-bond donors (Lipinski definition) is 1. The van der Waals surface area contributed by atoms with Crippen molar-refractivity contribution in [3.05, 3.63) is 51.5 Å². The molecule has 25 heavy (non-hydrogen) atoms. The van der Waals surface area contributed by atoms with Gasteiger partial charge in [0.2, 0.25) is 0 Å². The molecule has 0 aliphatic carbocycles. The molecule has 11 heteroatoms. The monoisotopic (exact) mass is 403 g/mol. The largest absolute Gasteiger partial charge is 0.477 e. The molecular formula is C14H8F3N3O2S3. The number of halogens is 3.